The summed E-state index contributed by atoms with van der Waals surface area (Å²) in [5, 5.41) is 0. The van der Waals surface area contributed by atoms with Gasteiger partial charge >= 0.3 is 0 Å². The first-order valence-electron chi connectivity index (χ1n) is 10.2. The second kappa shape index (κ2) is 7.88. The first-order chi connectivity index (χ1) is 14.7. The van der Waals surface area contributed by atoms with Crippen molar-refractivity contribution in [2.75, 3.05) is 38.0 Å². The van der Waals surface area contributed by atoms with Crippen molar-refractivity contribution >= 4 is 17.6 Å². The smallest absolute Gasteiger partial charge is 0.231 e. The van der Waals surface area contributed by atoms with Gasteiger partial charge in [0.1, 0.15) is 0 Å². The van der Waals surface area contributed by atoms with Gasteiger partial charge in [0.15, 0.2) is 11.5 Å². The summed E-state index contributed by atoms with van der Waals surface area (Å²) >= 11 is 0. The summed E-state index contributed by atoms with van der Waals surface area (Å²) in [6.45, 7) is 7.96. The third-order valence-electron chi connectivity index (χ3n) is 5.66. The number of aryl methyl sites for hydroxylation is 1. The number of morpholine rings is 1. The zero-order chi connectivity index (χ0) is 20.5. The van der Waals surface area contributed by atoms with Crippen LogP contribution in [-0.2, 0) is 4.74 Å². The van der Waals surface area contributed by atoms with E-state index >= 15 is 0 Å². The molecule has 0 atom stereocenters. The zero-order valence-electron chi connectivity index (χ0n) is 17.3. The lowest BCUT2D eigenvalue weighted by atomic mass is 10.2. The molecule has 1 fully saturated rings. The lowest BCUT2D eigenvalue weighted by molar-refractivity contribution is 0.122. The molecule has 5 rings (SSSR count). The molecule has 1 aromatic heterocycles. The summed E-state index contributed by atoms with van der Waals surface area (Å²) in [5.74, 6) is 1.58. The molecule has 2 aliphatic heterocycles. The third kappa shape index (κ3) is 3.55. The molecule has 2 aliphatic rings. The van der Waals surface area contributed by atoms with Crippen molar-refractivity contribution in [2.24, 2.45) is 4.99 Å². The predicted octanol–water partition coefficient (Wildman–Crippen LogP) is 4.41. The minimum atomic E-state index is 0.282. The molecule has 0 bridgehead atoms. The number of ether oxygens (including phenoxy) is 3. The van der Waals surface area contributed by atoms with Crippen LogP contribution in [0.2, 0.25) is 0 Å². The third-order valence-corrected chi connectivity index (χ3v) is 5.66. The number of benzene rings is 2. The average molecular weight is 403 g/mol. The van der Waals surface area contributed by atoms with Crippen LogP contribution in [0, 0.1) is 13.8 Å². The van der Waals surface area contributed by atoms with Crippen LogP contribution in [-0.4, -0.2) is 43.9 Å². The van der Waals surface area contributed by atoms with Crippen LogP contribution in [0.1, 0.15) is 17.0 Å². The largest absolute Gasteiger partial charge is 0.454 e. The van der Waals surface area contributed by atoms with Crippen molar-refractivity contribution in [3.63, 3.8) is 0 Å². The number of fused-ring (bicyclic) bond motifs is 1. The Labute approximate surface area is 176 Å². The highest BCUT2D eigenvalue weighted by Crippen LogP contribution is 2.34. The second-order valence-electron chi connectivity index (χ2n) is 7.57. The molecular weight excluding hydrogens is 378 g/mol. The Kier molecular flexibility index (Phi) is 4.93. The normalized spacial score (nSPS) is 15.9. The van der Waals surface area contributed by atoms with Gasteiger partial charge in [-0.3, -0.25) is 4.99 Å². The van der Waals surface area contributed by atoms with E-state index < -0.39 is 0 Å². The van der Waals surface area contributed by atoms with E-state index in [4.69, 9.17) is 19.2 Å². The van der Waals surface area contributed by atoms with Crippen LogP contribution in [0.3, 0.4) is 0 Å². The molecule has 0 aliphatic carbocycles. The molecule has 6 nitrogen and oxygen atoms in total. The van der Waals surface area contributed by atoms with Crippen LogP contribution in [0.4, 0.5) is 11.4 Å². The number of aromatic nitrogens is 1. The summed E-state index contributed by atoms with van der Waals surface area (Å²) in [7, 11) is 0. The van der Waals surface area contributed by atoms with Crippen LogP contribution >= 0.6 is 0 Å². The van der Waals surface area contributed by atoms with Gasteiger partial charge in [-0.2, -0.15) is 0 Å². The van der Waals surface area contributed by atoms with Gasteiger partial charge in [-0.05, 0) is 56.3 Å². The Morgan fingerprint density at radius 3 is 2.40 bits per heavy atom. The Hall–Kier alpha value is -3.25. The topological polar surface area (TPSA) is 48.2 Å². The molecular formula is C24H25N3O3. The lowest BCUT2D eigenvalue weighted by Crippen LogP contribution is -2.36. The molecule has 6 heteroatoms. The van der Waals surface area contributed by atoms with Crippen molar-refractivity contribution in [3.05, 3.63) is 65.5 Å². The van der Waals surface area contributed by atoms with Gasteiger partial charge in [0, 0.05) is 53.7 Å². The molecule has 30 heavy (non-hydrogen) atoms. The predicted molar refractivity (Wildman–Crippen MR) is 118 cm³/mol. The highest BCUT2D eigenvalue weighted by atomic mass is 16.7. The second-order valence-corrected chi connectivity index (χ2v) is 7.57. The SMILES string of the molecule is Cc1cc(C=Nc2ccc(N3CCOCC3)cc2)c(C)n1-c1ccc2c(c1)OCO2. The first kappa shape index (κ1) is 18.8. The molecule has 0 N–H and O–H groups in total. The summed E-state index contributed by atoms with van der Waals surface area (Å²) in [4.78, 5) is 7.05. The van der Waals surface area contributed by atoms with Crippen LogP contribution in [0.15, 0.2) is 53.5 Å². The van der Waals surface area contributed by atoms with E-state index in [0.717, 1.165) is 66.1 Å². The van der Waals surface area contributed by atoms with E-state index in [1.807, 2.05) is 18.3 Å². The first-order valence-corrected chi connectivity index (χ1v) is 10.2. The Bertz CT molecular complexity index is 1080. The van der Waals surface area contributed by atoms with Crippen molar-refractivity contribution < 1.29 is 14.2 Å². The summed E-state index contributed by atoms with van der Waals surface area (Å²) in [5.41, 5.74) is 6.61. The van der Waals surface area contributed by atoms with Crippen molar-refractivity contribution in [3.8, 4) is 17.2 Å². The molecule has 0 unspecified atom stereocenters. The van der Waals surface area contributed by atoms with Crippen molar-refractivity contribution in [1.29, 1.82) is 0 Å². The molecule has 0 saturated carbocycles. The molecule has 3 heterocycles. The fourth-order valence-corrected chi connectivity index (χ4v) is 4.06. The molecule has 154 valence electrons. The van der Waals surface area contributed by atoms with E-state index in [9.17, 15) is 0 Å². The van der Waals surface area contributed by atoms with E-state index in [2.05, 4.69) is 59.7 Å². The molecule has 1 saturated heterocycles. The zero-order valence-corrected chi connectivity index (χ0v) is 17.3. The van der Waals surface area contributed by atoms with E-state index in [0.29, 0.717) is 0 Å². The fourth-order valence-electron chi connectivity index (χ4n) is 4.06. The summed E-state index contributed by atoms with van der Waals surface area (Å²) in [6, 6.07) is 16.6. The standard InChI is InChI=1S/C24H25N3O3/c1-17-13-19(18(2)27(17)22-7-8-23-24(14-22)30-16-29-23)15-25-20-3-5-21(6-4-20)26-9-11-28-12-10-26/h3-8,13-15H,9-12,16H2,1-2H3. The van der Waals surface area contributed by atoms with Crippen molar-refractivity contribution in [1.82, 2.24) is 4.57 Å². The van der Waals surface area contributed by atoms with Gasteiger partial charge in [0.25, 0.3) is 0 Å². The van der Waals surface area contributed by atoms with Crippen molar-refractivity contribution in [2.45, 2.75) is 13.8 Å². The molecule has 3 aromatic rings. The fraction of sp³-hybridized carbons (Fsp3) is 0.292. The number of anilines is 1. The van der Waals surface area contributed by atoms with Gasteiger partial charge in [0.05, 0.1) is 18.9 Å². The van der Waals surface area contributed by atoms with Crippen LogP contribution in [0.25, 0.3) is 5.69 Å². The lowest BCUT2D eigenvalue weighted by Gasteiger charge is -2.28. The molecule has 2 aromatic carbocycles. The Balaban J connectivity index is 1.36. The number of rotatable bonds is 4. The van der Waals surface area contributed by atoms with Gasteiger partial charge < -0.3 is 23.7 Å². The van der Waals surface area contributed by atoms with Gasteiger partial charge in [0.2, 0.25) is 6.79 Å². The van der Waals surface area contributed by atoms with E-state index in [1.165, 1.54) is 5.69 Å². The Morgan fingerprint density at radius 2 is 1.60 bits per heavy atom. The van der Waals surface area contributed by atoms with Gasteiger partial charge in [-0.1, -0.05) is 0 Å². The van der Waals surface area contributed by atoms with Gasteiger partial charge in [-0.25, -0.2) is 0 Å². The quantitative estimate of drug-likeness (QED) is 0.606. The maximum atomic E-state index is 5.53. The van der Waals surface area contributed by atoms with Crippen LogP contribution in [0.5, 0.6) is 11.5 Å². The summed E-state index contributed by atoms with van der Waals surface area (Å²) < 4.78 is 18.6. The average Bonchev–Trinajstić information content (AvgIpc) is 3.36. The Morgan fingerprint density at radius 1 is 0.867 bits per heavy atom. The number of hydrogen-bond acceptors (Lipinski definition) is 5. The maximum absolute atomic E-state index is 5.53. The summed E-state index contributed by atoms with van der Waals surface area (Å²) in [6.07, 6.45) is 1.94. The van der Waals surface area contributed by atoms with Crippen LogP contribution < -0.4 is 14.4 Å². The van der Waals surface area contributed by atoms with E-state index in [1.54, 1.807) is 0 Å². The molecule has 0 radical (unpaired) electrons. The highest BCUT2D eigenvalue weighted by Gasteiger charge is 2.16. The van der Waals surface area contributed by atoms with E-state index in [-0.39, 0.29) is 6.79 Å². The molecule has 0 spiro atoms. The molecule has 0 amide bonds. The maximum Gasteiger partial charge on any atom is 0.231 e. The minimum Gasteiger partial charge on any atom is -0.454 e. The number of aliphatic imine (C=N–C) groups is 1. The number of hydrogen-bond donors (Lipinski definition) is 0. The van der Waals surface area contributed by atoms with Gasteiger partial charge in [-0.15, -0.1) is 0 Å². The minimum absolute atomic E-state index is 0.282. The number of nitrogens with zero attached hydrogens (tertiary/aromatic N) is 3. The monoisotopic (exact) mass is 403 g/mol. The highest BCUT2D eigenvalue weighted by molar-refractivity contribution is 5.84.